The largest absolute Gasteiger partial charge is 0.496 e. The number of para-hydroxylation sites is 1. The Morgan fingerprint density at radius 1 is 1.11 bits per heavy atom. The summed E-state index contributed by atoms with van der Waals surface area (Å²) in [7, 11) is 1.64. The van der Waals surface area contributed by atoms with Gasteiger partial charge in [-0.15, -0.1) is 0 Å². The fourth-order valence-electron chi connectivity index (χ4n) is 4.65. The van der Waals surface area contributed by atoms with Gasteiger partial charge in [-0.1, -0.05) is 37.6 Å². The van der Waals surface area contributed by atoms with Gasteiger partial charge in [-0.05, 0) is 91.0 Å². The first-order chi connectivity index (χ1) is 21.0. The average Bonchev–Trinajstić information content (AvgIpc) is 3.00. The van der Waals surface area contributed by atoms with Crippen molar-refractivity contribution >= 4 is 50.6 Å². The van der Waals surface area contributed by atoms with Crippen LogP contribution in [0.5, 0.6) is 17.2 Å². The normalized spacial score (nSPS) is 12.1. The van der Waals surface area contributed by atoms with Crippen molar-refractivity contribution in [2.24, 2.45) is 5.10 Å². The molecule has 0 fully saturated rings. The second-order valence-corrected chi connectivity index (χ2v) is 11.4. The third-order valence-electron chi connectivity index (χ3n) is 6.87. The summed E-state index contributed by atoms with van der Waals surface area (Å²) in [6, 6.07) is 12.8. The summed E-state index contributed by atoms with van der Waals surface area (Å²) in [6.45, 7) is 11.7. The highest BCUT2D eigenvalue weighted by Gasteiger charge is 2.24. The van der Waals surface area contributed by atoms with E-state index in [0.29, 0.717) is 39.1 Å². The molecule has 0 aliphatic carbocycles. The third-order valence-corrected chi connectivity index (χ3v) is 8.32. The Hall–Kier alpha value is -3.89. The molecule has 0 radical (unpaired) electrons. The topological polar surface area (TPSA) is 101 Å². The molecule has 44 heavy (non-hydrogen) atoms. The molecule has 3 aromatic carbocycles. The SMILES string of the molecule is CCOC(=O)[C@H](C)Oc1c(OCC)cc(C=Nn2c(-c3cc(C(C)C)c(OC)cc3C)nc3ccccc3c2=O)c(Br)c1Cl. The second-order valence-electron chi connectivity index (χ2n) is 10.2. The number of aromatic nitrogens is 2. The highest BCUT2D eigenvalue weighted by Crippen LogP contribution is 2.43. The molecule has 1 aromatic heterocycles. The Labute approximate surface area is 269 Å². The van der Waals surface area contributed by atoms with Gasteiger partial charge in [0.25, 0.3) is 5.56 Å². The number of methoxy groups -OCH3 is 1. The minimum absolute atomic E-state index is 0.163. The van der Waals surface area contributed by atoms with E-state index in [0.717, 1.165) is 22.4 Å². The zero-order valence-electron chi connectivity index (χ0n) is 25.7. The Morgan fingerprint density at radius 2 is 1.84 bits per heavy atom. The molecule has 0 aliphatic heterocycles. The molecule has 11 heteroatoms. The zero-order valence-corrected chi connectivity index (χ0v) is 28.1. The molecular formula is C33H35BrClN3O6. The Balaban J connectivity index is 1.90. The smallest absolute Gasteiger partial charge is 0.347 e. The van der Waals surface area contributed by atoms with Gasteiger partial charge in [0.05, 0.1) is 37.4 Å². The molecule has 1 atom stereocenters. The van der Waals surface area contributed by atoms with Gasteiger partial charge in [-0.25, -0.2) is 9.78 Å². The molecule has 0 bridgehead atoms. The predicted octanol–water partition coefficient (Wildman–Crippen LogP) is 7.53. The standard InChI is InChI=1S/C33H35BrClN3O6/c1-8-42-27-15-21(28(34)29(35)30(27)44-20(6)33(40)43-9-2)17-36-38-31(37-25-13-11-10-12-22(25)32(38)39)24-16-23(18(3)4)26(41-7)14-19(24)5/h10-18,20H,8-9H2,1-7H3/t20-/m0/s1. The first-order valence-electron chi connectivity index (χ1n) is 14.2. The maximum absolute atomic E-state index is 13.9. The Kier molecular flexibility index (Phi) is 10.7. The van der Waals surface area contributed by atoms with Gasteiger partial charge in [0.2, 0.25) is 0 Å². The highest BCUT2D eigenvalue weighted by atomic mass is 79.9. The number of esters is 1. The number of nitrogens with zero attached hydrogens (tertiary/aromatic N) is 3. The lowest BCUT2D eigenvalue weighted by atomic mass is 9.96. The fourth-order valence-corrected chi connectivity index (χ4v) is 5.29. The summed E-state index contributed by atoms with van der Waals surface area (Å²) < 4.78 is 24.1. The molecule has 232 valence electrons. The number of benzene rings is 3. The number of ether oxygens (including phenoxy) is 4. The summed E-state index contributed by atoms with van der Waals surface area (Å²) in [5.41, 5.74) is 3.33. The van der Waals surface area contributed by atoms with Crippen LogP contribution in [0.2, 0.25) is 5.02 Å². The van der Waals surface area contributed by atoms with Crippen LogP contribution in [0.4, 0.5) is 0 Å². The number of halogens is 2. The number of fused-ring (bicyclic) bond motifs is 1. The fraction of sp³-hybridized carbons (Fsp3) is 0.333. The molecule has 0 spiro atoms. The molecule has 4 aromatic rings. The van der Waals surface area contributed by atoms with Gasteiger partial charge in [-0.2, -0.15) is 9.78 Å². The van der Waals surface area contributed by atoms with Crippen molar-refractivity contribution in [3.05, 3.63) is 79.0 Å². The van der Waals surface area contributed by atoms with E-state index in [1.54, 1.807) is 45.2 Å². The van der Waals surface area contributed by atoms with E-state index in [1.165, 1.54) is 10.9 Å². The molecule has 0 aliphatic rings. The first-order valence-corrected chi connectivity index (χ1v) is 15.4. The molecule has 0 unspecified atom stereocenters. The molecule has 9 nitrogen and oxygen atoms in total. The van der Waals surface area contributed by atoms with Crippen LogP contribution in [-0.2, 0) is 9.53 Å². The van der Waals surface area contributed by atoms with Gasteiger partial charge in [0.1, 0.15) is 10.8 Å². The Bertz CT molecular complexity index is 1790. The minimum atomic E-state index is -0.925. The van der Waals surface area contributed by atoms with Crippen LogP contribution < -0.4 is 19.8 Å². The lowest BCUT2D eigenvalue weighted by molar-refractivity contribution is -0.150. The van der Waals surface area contributed by atoms with E-state index >= 15 is 0 Å². The predicted molar refractivity (Wildman–Crippen MR) is 177 cm³/mol. The van der Waals surface area contributed by atoms with Gasteiger partial charge >= 0.3 is 5.97 Å². The van der Waals surface area contributed by atoms with Crippen molar-refractivity contribution in [2.45, 2.75) is 53.6 Å². The molecule has 0 N–H and O–H groups in total. The van der Waals surface area contributed by atoms with Gasteiger partial charge in [0.15, 0.2) is 23.4 Å². The van der Waals surface area contributed by atoms with Crippen LogP contribution in [0.15, 0.2) is 56.8 Å². The number of carbonyl (C=O) groups is 1. The second kappa shape index (κ2) is 14.3. The van der Waals surface area contributed by atoms with E-state index in [9.17, 15) is 9.59 Å². The number of rotatable bonds is 11. The Morgan fingerprint density at radius 3 is 2.50 bits per heavy atom. The van der Waals surface area contributed by atoms with Crippen molar-refractivity contribution in [3.63, 3.8) is 0 Å². The van der Waals surface area contributed by atoms with Crippen LogP contribution in [-0.4, -0.2) is 48.3 Å². The maximum atomic E-state index is 13.9. The van der Waals surface area contributed by atoms with Crippen LogP contribution >= 0.6 is 27.5 Å². The van der Waals surface area contributed by atoms with Gasteiger partial charge < -0.3 is 18.9 Å². The minimum Gasteiger partial charge on any atom is -0.496 e. The molecule has 0 saturated heterocycles. The lowest BCUT2D eigenvalue weighted by Crippen LogP contribution is -2.26. The number of hydrogen-bond acceptors (Lipinski definition) is 8. The highest BCUT2D eigenvalue weighted by molar-refractivity contribution is 9.10. The van der Waals surface area contributed by atoms with E-state index in [1.807, 2.05) is 32.0 Å². The van der Waals surface area contributed by atoms with E-state index in [-0.39, 0.29) is 28.9 Å². The lowest BCUT2D eigenvalue weighted by Gasteiger charge is -2.19. The van der Waals surface area contributed by atoms with Crippen LogP contribution in [0.1, 0.15) is 57.2 Å². The van der Waals surface area contributed by atoms with E-state index in [4.69, 9.17) is 35.5 Å². The van der Waals surface area contributed by atoms with Gasteiger partial charge in [0, 0.05) is 15.6 Å². The number of hydrogen-bond donors (Lipinski definition) is 0. The van der Waals surface area contributed by atoms with Crippen molar-refractivity contribution in [1.82, 2.24) is 9.66 Å². The van der Waals surface area contributed by atoms with Crippen LogP contribution in [0, 0.1) is 6.92 Å². The van der Waals surface area contributed by atoms with Crippen LogP contribution in [0.3, 0.4) is 0 Å². The van der Waals surface area contributed by atoms with Crippen molar-refractivity contribution in [1.29, 1.82) is 0 Å². The summed E-state index contributed by atoms with van der Waals surface area (Å²) in [4.78, 5) is 31.0. The van der Waals surface area contributed by atoms with Gasteiger partial charge in [-0.3, -0.25) is 4.79 Å². The molecular weight excluding hydrogens is 650 g/mol. The number of carbonyl (C=O) groups excluding carboxylic acids is 1. The molecule has 1 heterocycles. The number of aryl methyl sites for hydroxylation is 1. The van der Waals surface area contributed by atoms with Crippen LogP contribution in [0.25, 0.3) is 22.3 Å². The summed E-state index contributed by atoms with van der Waals surface area (Å²) in [6.07, 6.45) is 0.576. The first kappa shape index (κ1) is 33.0. The molecule has 0 saturated carbocycles. The summed E-state index contributed by atoms with van der Waals surface area (Å²) in [5, 5.41) is 5.23. The average molecular weight is 685 g/mol. The maximum Gasteiger partial charge on any atom is 0.347 e. The quantitative estimate of drug-likeness (QED) is 0.119. The summed E-state index contributed by atoms with van der Waals surface area (Å²) >= 11 is 10.3. The van der Waals surface area contributed by atoms with Crippen molar-refractivity contribution in [3.8, 4) is 28.6 Å². The monoisotopic (exact) mass is 683 g/mol. The van der Waals surface area contributed by atoms with Crippen molar-refractivity contribution < 1.29 is 23.7 Å². The van der Waals surface area contributed by atoms with Crippen molar-refractivity contribution in [2.75, 3.05) is 20.3 Å². The molecule has 0 amide bonds. The zero-order chi connectivity index (χ0) is 32.1. The molecule has 4 rings (SSSR count). The third kappa shape index (κ3) is 6.76. The summed E-state index contributed by atoms with van der Waals surface area (Å²) in [5.74, 6) is 1.26. The van der Waals surface area contributed by atoms with E-state index in [2.05, 4.69) is 34.9 Å². The van der Waals surface area contributed by atoms with E-state index < -0.39 is 12.1 Å².